The van der Waals surface area contributed by atoms with Gasteiger partial charge in [-0.25, -0.2) is 13.1 Å². The minimum Gasteiger partial charge on any atom is -0.381 e. The summed E-state index contributed by atoms with van der Waals surface area (Å²) in [7, 11) is -1.66. The van der Waals surface area contributed by atoms with Crippen LogP contribution in [-0.2, 0) is 28.4 Å². The van der Waals surface area contributed by atoms with Crippen molar-refractivity contribution in [2.75, 3.05) is 19.8 Å². The zero-order valence-corrected chi connectivity index (χ0v) is 11.2. The average molecular weight is 273 g/mol. The Hall–Kier alpha value is -0.890. The molecule has 0 spiro atoms. The van der Waals surface area contributed by atoms with Crippen LogP contribution in [0.25, 0.3) is 0 Å². The van der Waals surface area contributed by atoms with Crippen molar-refractivity contribution in [3.63, 3.8) is 0 Å². The molecule has 0 amide bonds. The number of aryl methyl sites for hydroxylation is 1. The number of nitrogens with one attached hydrogen (secondary N) is 1. The van der Waals surface area contributed by atoms with Crippen molar-refractivity contribution in [3.8, 4) is 0 Å². The summed E-state index contributed by atoms with van der Waals surface area (Å²) in [4.78, 5) is 0.268. The summed E-state index contributed by atoms with van der Waals surface area (Å²) in [6, 6.07) is 1.60. The third kappa shape index (κ3) is 2.92. The monoisotopic (exact) mass is 273 g/mol. The van der Waals surface area contributed by atoms with Gasteiger partial charge in [0, 0.05) is 38.6 Å². The summed E-state index contributed by atoms with van der Waals surface area (Å²) < 4.78 is 33.7. The van der Waals surface area contributed by atoms with Gasteiger partial charge in [0.2, 0.25) is 10.0 Å². The van der Waals surface area contributed by atoms with Gasteiger partial charge in [-0.2, -0.15) is 0 Å². The van der Waals surface area contributed by atoms with Crippen molar-refractivity contribution in [1.29, 1.82) is 0 Å². The highest BCUT2D eigenvalue weighted by atomic mass is 32.2. The number of sulfonamides is 1. The van der Waals surface area contributed by atoms with E-state index in [1.54, 1.807) is 23.9 Å². The van der Waals surface area contributed by atoms with Crippen LogP contribution in [0.5, 0.6) is 0 Å². The fourth-order valence-electron chi connectivity index (χ4n) is 1.98. The quantitative estimate of drug-likeness (QED) is 0.778. The van der Waals surface area contributed by atoms with Crippen molar-refractivity contribution in [3.05, 3.63) is 18.0 Å². The minimum atomic E-state index is -3.44. The SMILES string of the molecule is Cn1cc(S(=O)(=O)NCC2CCOC2)cc1CN. The first-order chi connectivity index (χ1) is 8.53. The van der Waals surface area contributed by atoms with E-state index < -0.39 is 10.0 Å². The predicted molar refractivity (Wildman–Crippen MR) is 67.4 cm³/mol. The zero-order chi connectivity index (χ0) is 13.2. The molecule has 1 saturated heterocycles. The molecular weight excluding hydrogens is 254 g/mol. The van der Waals surface area contributed by atoms with Crippen molar-refractivity contribution in [2.24, 2.45) is 18.7 Å². The second-order valence-corrected chi connectivity index (χ2v) is 6.33. The molecule has 1 unspecified atom stereocenters. The molecule has 7 heteroatoms. The van der Waals surface area contributed by atoms with E-state index in [0.717, 1.165) is 18.7 Å². The van der Waals surface area contributed by atoms with Crippen LogP contribution in [-0.4, -0.2) is 32.7 Å². The Kier molecular flexibility index (Phi) is 4.06. The number of hydrogen-bond acceptors (Lipinski definition) is 4. The summed E-state index contributed by atoms with van der Waals surface area (Å²) in [6.07, 6.45) is 2.49. The molecule has 1 aromatic heterocycles. The minimum absolute atomic E-state index is 0.268. The van der Waals surface area contributed by atoms with E-state index in [1.807, 2.05) is 0 Å². The molecule has 1 aliphatic rings. The molecule has 2 rings (SSSR count). The van der Waals surface area contributed by atoms with Gasteiger partial charge in [-0.3, -0.25) is 0 Å². The Bertz CT molecular complexity index is 504. The zero-order valence-electron chi connectivity index (χ0n) is 10.4. The van der Waals surface area contributed by atoms with Crippen LogP contribution in [0, 0.1) is 5.92 Å². The number of rotatable bonds is 5. The van der Waals surface area contributed by atoms with Gasteiger partial charge >= 0.3 is 0 Å². The molecule has 102 valence electrons. The molecule has 0 aliphatic carbocycles. The lowest BCUT2D eigenvalue weighted by Gasteiger charge is -2.08. The maximum Gasteiger partial charge on any atom is 0.242 e. The Morgan fingerprint density at radius 3 is 2.94 bits per heavy atom. The fraction of sp³-hybridized carbons (Fsp3) is 0.636. The van der Waals surface area contributed by atoms with Crippen LogP contribution in [0.2, 0.25) is 0 Å². The molecule has 18 heavy (non-hydrogen) atoms. The molecule has 0 aromatic carbocycles. The summed E-state index contributed by atoms with van der Waals surface area (Å²) in [5.74, 6) is 0.275. The van der Waals surface area contributed by atoms with Crippen LogP contribution < -0.4 is 10.5 Å². The third-order valence-electron chi connectivity index (χ3n) is 3.19. The standard InChI is InChI=1S/C11H19N3O3S/c1-14-7-11(4-10(14)5-12)18(15,16)13-6-9-2-3-17-8-9/h4,7,9,13H,2-3,5-6,8,12H2,1H3. The van der Waals surface area contributed by atoms with Gasteiger partial charge in [-0.05, 0) is 18.4 Å². The molecule has 0 saturated carbocycles. The number of ether oxygens (including phenoxy) is 1. The lowest BCUT2D eigenvalue weighted by molar-refractivity contribution is 0.186. The smallest absolute Gasteiger partial charge is 0.242 e. The Balaban J connectivity index is 2.04. The summed E-state index contributed by atoms with van der Waals surface area (Å²) in [5.41, 5.74) is 6.32. The van der Waals surface area contributed by atoms with Crippen LogP contribution in [0.3, 0.4) is 0 Å². The van der Waals surface area contributed by atoms with Gasteiger partial charge in [0.05, 0.1) is 11.5 Å². The van der Waals surface area contributed by atoms with Crippen molar-refractivity contribution >= 4 is 10.0 Å². The number of hydrogen-bond donors (Lipinski definition) is 2. The average Bonchev–Trinajstić information content (AvgIpc) is 2.95. The molecule has 6 nitrogen and oxygen atoms in total. The Morgan fingerprint density at radius 2 is 2.39 bits per heavy atom. The van der Waals surface area contributed by atoms with Gasteiger partial charge in [0.15, 0.2) is 0 Å². The van der Waals surface area contributed by atoms with Crippen molar-refractivity contribution in [2.45, 2.75) is 17.9 Å². The van der Waals surface area contributed by atoms with E-state index in [9.17, 15) is 8.42 Å². The highest BCUT2D eigenvalue weighted by Gasteiger charge is 2.21. The molecule has 1 aromatic rings. The lowest BCUT2D eigenvalue weighted by atomic mass is 10.1. The molecule has 0 radical (unpaired) electrons. The van der Waals surface area contributed by atoms with Gasteiger partial charge < -0.3 is 15.0 Å². The third-order valence-corrected chi connectivity index (χ3v) is 4.58. The van der Waals surface area contributed by atoms with Gasteiger partial charge in [0.1, 0.15) is 0 Å². The first-order valence-electron chi connectivity index (χ1n) is 5.95. The Labute approximate surface area is 107 Å². The molecular formula is C11H19N3O3S. The van der Waals surface area contributed by atoms with Gasteiger partial charge in [-0.15, -0.1) is 0 Å². The lowest BCUT2D eigenvalue weighted by Crippen LogP contribution is -2.29. The van der Waals surface area contributed by atoms with E-state index in [0.29, 0.717) is 19.7 Å². The van der Waals surface area contributed by atoms with Crippen LogP contribution >= 0.6 is 0 Å². The highest BCUT2D eigenvalue weighted by Crippen LogP contribution is 2.15. The van der Waals surface area contributed by atoms with Crippen LogP contribution in [0.15, 0.2) is 17.2 Å². The topological polar surface area (TPSA) is 86.3 Å². The maximum absolute atomic E-state index is 12.1. The number of nitrogens with zero attached hydrogens (tertiary/aromatic N) is 1. The summed E-state index contributed by atoms with van der Waals surface area (Å²) in [6.45, 7) is 2.10. The maximum atomic E-state index is 12.1. The molecule has 1 fully saturated rings. The van der Waals surface area contributed by atoms with E-state index >= 15 is 0 Å². The van der Waals surface area contributed by atoms with Crippen molar-refractivity contribution in [1.82, 2.24) is 9.29 Å². The summed E-state index contributed by atoms with van der Waals surface area (Å²) >= 11 is 0. The van der Waals surface area contributed by atoms with Crippen LogP contribution in [0.4, 0.5) is 0 Å². The fourth-order valence-corrected chi connectivity index (χ4v) is 3.19. The molecule has 3 N–H and O–H groups in total. The highest BCUT2D eigenvalue weighted by molar-refractivity contribution is 7.89. The molecule has 1 atom stereocenters. The van der Waals surface area contributed by atoms with E-state index in [4.69, 9.17) is 10.5 Å². The second-order valence-electron chi connectivity index (χ2n) is 4.56. The van der Waals surface area contributed by atoms with Gasteiger partial charge in [-0.1, -0.05) is 0 Å². The summed E-state index contributed by atoms with van der Waals surface area (Å²) in [5, 5.41) is 0. The van der Waals surface area contributed by atoms with Gasteiger partial charge in [0.25, 0.3) is 0 Å². The van der Waals surface area contributed by atoms with Crippen molar-refractivity contribution < 1.29 is 13.2 Å². The molecule has 2 heterocycles. The predicted octanol–water partition coefficient (Wildman–Crippen LogP) is -0.201. The normalized spacial score (nSPS) is 20.4. The Morgan fingerprint density at radius 1 is 1.61 bits per heavy atom. The first kappa shape index (κ1) is 13.5. The van der Waals surface area contributed by atoms with E-state index in [2.05, 4.69) is 4.72 Å². The molecule has 0 bridgehead atoms. The van der Waals surface area contributed by atoms with E-state index in [1.165, 1.54) is 0 Å². The van der Waals surface area contributed by atoms with E-state index in [-0.39, 0.29) is 10.8 Å². The number of aromatic nitrogens is 1. The van der Waals surface area contributed by atoms with Crippen LogP contribution in [0.1, 0.15) is 12.1 Å². The first-order valence-corrected chi connectivity index (χ1v) is 7.44. The largest absolute Gasteiger partial charge is 0.381 e. The second kappa shape index (κ2) is 5.40. The number of nitrogens with two attached hydrogens (primary N) is 1. The molecule has 1 aliphatic heterocycles.